The summed E-state index contributed by atoms with van der Waals surface area (Å²) in [5.41, 5.74) is 2.92. The Bertz CT molecular complexity index is 1130. The molecule has 1 unspecified atom stereocenters. The molecule has 0 heterocycles. The molecular formula is C30H35ClN2O3S. The van der Waals surface area contributed by atoms with E-state index >= 15 is 0 Å². The number of halogens is 1. The van der Waals surface area contributed by atoms with E-state index in [1.807, 2.05) is 78.9 Å². The van der Waals surface area contributed by atoms with Crippen molar-refractivity contribution in [3.63, 3.8) is 0 Å². The number of hydrogen-bond acceptors (Lipinski definition) is 4. The number of ether oxygens (including phenoxy) is 1. The van der Waals surface area contributed by atoms with Crippen molar-refractivity contribution in [1.29, 1.82) is 0 Å². The largest absolute Gasteiger partial charge is 0.497 e. The average molecular weight is 539 g/mol. The van der Waals surface area contributed by atoms with Gasteiger partial charge in [0.15, 0.2) is 0 Å². The van der Waals surface area contributed by atoms with Crippen LogP contribution in [-0.2, 0) is 28.3 Å². The van der Waals surface area contributed by atoms with E-state index in [-0.39, 0.29) is 24.1 Å². The summed E-state index contributed by atoms with van der Waals surface area (Å²) in [6.45, 7) is 2.93. The van der Waals surface area contributed by atoms with Gasteiger partial charge in [-0.25, -0.2) is 0 Å². The number of amides is 2. The first kappa shape index (κ1) is 28.6. The van der Waals surface area contributed by atoms with E-state index in [4.69, 9.17) is 16.3 Å². The van der Waals surface area contributed by atoms with Crippen LogP contribution in [-0.4, -0.2) is 42.2 Å². The van der Waals surface area contributed by atoms with Gasteiger partial charge >= 0.3 is 0 Å². The molecule has 0 aromatic heterocycles. The minimum absolute atomic E-state index is 0.0926. The van der Waals surface area contributed by atoms with Crippen molar-refractivity contribution in [2.45, 2.75) is 44.5 Å². The lowest BCUT2D eigenvalue weighted by Crippen LogP contribution is -2.51. The number of thioether (sulfide) groups is 1. The Hall–Kier alpha value is -2.96. The smallest absolute Gasteiger partial charge is 0.243 e. The van der Waals surface area contributed by atoms with E-state index in [2.05, 4.69) is 12.2 Å². The Labute approximate surface area is 229 Å². The van der Waals surface area contributed by atoms with Gasteiger partial charge in [-0.2, -0.15) is 0 Å². The fourth-order valence-corrected chi connectivity index (χ4v) is 5.00. The minimum atomic E-state index is -0.649. The zero-order valence-corrected chi connectivity index (χ0v) is 23.1. The van der Waals surface area contributed by atoms with Crippen molar-refractivity contribution in [1.82, 2.24) is 10.2 Å². The van der Waals surface area contributed by atoms with Gasteiger partial charge in [-0.15, -0.1) is 11.8 Å². The predicted octanol–water partition coefficient (Wildman–Crippen LogP) is 6.14. The molecule has 5 nitrogen and oxygen atoms in total. The summed E-state index contributed by atoms with van der Waals surface area (Å²) in [4.78, 5) is 28.8. The fraction of sp³-hybridized carbons (Fsp3) is 0.333. The summed E-state index contributed by atoms with van der Waals surface area (Å²) >= 11 is 8.01. The van der Waals surface area contributed by atoms with Gasteiger partial charge in [0, 0.05) is 30.3 Å². The Morgan fingerprint density at radius 2 is 1.68 bits per heavy atom. The van der Waals surface area contributed by atoms with Gasteiger partial charge < -0.3 is 15.0 Å². The number of nitrogens with one attached hydrogen (secondary N) is 1. The maximum atomic E-state index is 13.7. The highest BCUT2D eigenvalue weighted by molar-refractivity contribution is 7.99. The summed E-state index contributed by atoms with van der Waals surface area (Å²) in [5.74, 6) is 1.50. The number of hydrogen-bond donors (Lipinski definition) is 1. The molecule has 3 aromatic carbocycles. The van der Waals surface area contributed by atoms with Crippen molar-refractivity contribution in [3.05, 3.63) is 101 Å². The van der Waals surface area contributed by atoms with Crippen LogP contribution in [0.2, 0.25) is 5.02 Å². The molecule has 0 aliphatic carbocycles. The summed E-state index contributed by atoms with van der Waals surface area (Å²) in [6.07, 6.45) is 2.30. The third-order valence-electron chi connectivity index (χ3n) is 6.05. The first-order valence-electron chi connectivity index (χ1n) is 12.6. The molecule has 0 aliphatic rings. The van der Waals surface area contributed by atoms with Crippen molar-refractivity contribution >= 4 is 35.2 Å². The lowest BCUT2D eigenvalue weighted by molar-refractivity contribution is -0.139. The third kappa shape index (κ3) is 9.13. The molecular weight excluding hydrogens is 504 g/mol. The summed E-state index contributed by atoms with van der Waals surface area (Å²) in [5, 5.41) is 3.63. The van der Waals surface area contributed by atoms with Crippen LogP contribution in [0.4, 0.5) is 0 Å². The van der Waals surface area contributed by atoms with E-state index < -0.39 is 6.04 Å². The number of unbranched alkanes of at least 4 members (excludes halogenated alkanes) is 1. The average Bonchev–Trinajstić information content (AvgIpc) is 2.92. The summed E-state index contributed by atoms with van der Waals surface area (Å²) in [7, 11) is 1.64. The molecule has 3 aromatic rings. The van der Waals surface area contributed by atoms with Gasteiger partial charge in [-0.3, -0.25) is 9.59 Å². The molecule has 7 heteroatoms. The quantitative estimate of drug-likeness (QED) is 0.250. The molecule has 0 spiro atoms. The number of rotatable bonds is 14. The van der Waals surface area contributed by atoms with Gasteiger partial charge in [-0.05, 0) is 41.3 Å². The minimum Gasteiger partial charge on any atom is -0.497 e. The van der Waals surface area contributed by atoms with Crippen molar-refractivity contribution in [2.75, 3.05) is 19.4 Å². The summed E-state index contributed by atoms with van der Waals surface area (Å²) < 4.78 is 5.23. The Balaban J connectivity index is 1.81. The van der Waals surface area contributed by atoms with Crippen LogP contribution < -0.4 is 10.1 Å². The molecule has 0 fully saturated rings. The predicted molar refractivity (Wildman–Crippen MR) is 153 cm³/mol. The Morgan fingerprint density at radius 3 is 2.35 bits per heavy atom. The molecule has 0 radical (unpaired) electrons. The molecule has 0 aliphatic heterocycles. The van der Waals surface area contributed by atoms with E-state index in [1.165, 1.54) is 11.8 Å². The second-order valence-electron chi connectivity index (χ2n) is 8.80. The van der Waals surface area contributed by atoms with Gasteiger partial charge in [0.25, 0.3) is 0 Å². The number of methoxy groups -OCH3 is 1. The lowest BCUT2D eigenvalue weighted by atomic mass is 10.0. The normalized spacial score (nSPS) is 11.5. The number of carbonyl (C=O) groups is 2. The SMILES string of the molecule is CCCCNC(=O)C(Cc1ccccc1)N(Cc1ccccc1Cl)C(=O)CSCc1ccc(OC)cc1. The molecule has 2 amide bonds. The van der Waals surface area contributed by atoms with Crippen molar-refractivity contribution in [2.24, 2.45) is 0 Å². The van der Waals surface area contributed by atoms with Crippen LogP contribution in [0.3, 0.4) is 0 Å². The highest BCUT2D eigenvalue weighted by Gasteiger charge is 2.30. The Kier molecular flexibility index (Phi) is 11.9. The number of nitrogens with zero attached hydrogens (tertiary/aromatic N) is 1. The topological polar surface area (TPSA) is 58.6 Å². The van der Waals surface area contributed by atoms with Gasteiger partial charge in [0.05, 0.1) is 12.9 Å². The van der Waals surface area contributed by atoms with Crippen molar-refractivity contribution in [3.8, 4) is 5.75 Å². The van der Waals surface area contributed by atoms with Crippen LogP contribution >= 0.6 is 23.4 Å². The van der Waals surface area contributed by atoms with E-state index in [0.29, 0.717) is 23.7 Å². The van der Waals surface area contributed by atoms with Crippen LogP contribution in [0.15, 0.2) is 78.9 Å². The van der Waals surface area contributed by atoms with Gasteiger partial charge in [-0.1, -0.05) is 85.6 Å². The first-order valence-corrected chi connectivity index (χ1v) is 14.1. The standard InChI is InChI=1S/C30H35ClN2O3S/c1-3-4-18-32-30(35)28(19-23-10-6-5-7-11-23)33(20-25-12-8-9-13-27(25)31)29(34)22-37-21-24-14-16-26(36-2)17-15-24/h5-17,28H,3-4,18-22H2,1-2H3,(H,32,35). The van der Waals surface area contributed by atoms with E-state index in [9.17, 15) is 9.59 Å². The molecule has 0 bridgehead atoms. The van der Waals surface area contributed by atoms with E-state index in [1.54, 1.807) is 12.0 Å². The van der Waals surface area contributed by atoms with Crippen molar-refractivity contribution < 1.29 is 14.3 Å². The van der Waals surface area contributed by atoms with Crippen LogP contribution in [0.5, 0.6) is 5.75 Å². The third-order valence-corrected chi connectivity index (χ3v) is 7.41. The lowest BCUT2D eigenvalue weighted by Gasteiger charge is -2.32. The fourth-order valence-electron chi connectivity index (χ4n) is 3.93. The van der Waals surface area contributed by atoms with Gasteiger partial charge in [0.2, 0.25) is 11.8 Å². The molecule has 0 saturated heterocycles. The van der Waals surface area contributed by atoms with E-state index in [0.717, 1.165) is 35.3 Å². The van der Waals surface area contributed by atoms with Crippen LogP contribution in [0.25, 0.3) is 0 Å². The first-order chi connectivity index (χ1) is 18.0. The maximum absolute atomic E-state index is 13.7. The summed E-state index contributed by atoms with van der Waals surface area (Å²) in [6, 6.07) is 24.5. The number of benzene rings is 3. The maximum Gasteiger partial charge on any atom is 0.243 e. The van der Waals surface area contributed by atoms with Crippen LogP contribution in [0, 0.1) is 0 Å². The molecule has 3 rings (SSSR count). The molecule has 0 saturated carbocycles. The molecule has 196 valence electrons. The van der Waals surface area contributed by atoms with Gasteiger partial charge in [0.1, 0.15) is 11.8 Å². The highest BCUT2D eigenvalue weighted by Crippen LogP contribution is 2.22. The van der Waals surface area contributed by atoms with Crippen LogP contribution in [0.1, 0.15) is 36.5 Å². The monoisotopic (exact) mass is 538 g/mol. The molecule has 1 N–H and O–H groups in total. The molecule has 37 heavy (non-hydrogen) atoms. The zero-order chi connectivity index (χ0) is 26.5. The second kappa shape index (κ2) is 15.3. The molecule has 1 atom stereocenters. The Morgan fingerprint density at radius 1 is 0.973 bits per heavy atom. The second-order valence-corrected chi connectivity index (χ2v) is 10.2. The number of carbonyl (C=O) groups excluding carboxylic acids is 2. The highest BCUT2D eigenvalue weighted by atomic mass is 35.5. The zero-order valence-electron chi connectivity index (χ0n) is 21.5.